The van der Waals surface area contributed by atoms with E-state index in [9.17, 15) is 0 Å². The van der Waals surface area contributed by atoms with Crippen molar-refractivity contribution in [1.29, 1.82) is 0 Å². The Bertz CT molecular complexity index is 314. The van der Waals surface area contributed by atoms with E-state index in [1.807, 2.05) is 31.2 Å². The molecule has 0 spiro atoms. The van der Waals surface area contributed by atoms with Gasteiger partial charge in [0.05, 0.1) is 18.8 Å². The summed E-state index contributed by atoms with van der Waals surface area (Å²) in [6.07, 6.45) is 5.51. The van der Waals surface area contributed by atoms with Gasteiger partial charge in [0.25, 0.3) is 0 Å². The van der Waals surface area contributed by atoms with Gasteiger partial charge < -0.3 is 9.84 Å². The molecule has 1 saturated heterocycles. The van der Waals surface area contributed by atoms with Crippen LogP contribution in [0.2, 0.25) is 0 Å². The molecule has 1 aromatic rings. The summed E-state index contributed by atoms with van der Waals surface area (Å²) >= 11 is 0. The number of hydrogen-bond acceptors (Lipinski definition) is 2. The van der Waals surface area contributed by atoms with Crippen LogP contribution < -0.4 is 0 Å². The second-order valence-electron chi connectivity index (χ2n) is 4.29. The summed E-state index contributed by atoms with van der Waals surface area (Å²) < 4.78 is 5.15. The van der Waals surface area contributed by atoms with E-state index in [1.54, 1.807) is 0 Å². The summed E-state index contributed by atoms with van der Waals surface area (Å²) in [5, 5.41) is 8.66. The van der Waals surface area contributed by atoms with Crippen molar-refractivity contribution in [1.82, 2.24) is 0 Å². The zero-order chi connectivity index (χ0) is 10.7. The molecule has 1 aliphatic heterocycles. The lowest BCUT2D eigenvalue weighted by molar-refractivity contribution is 0.282. The molecule has 1 aliphatic carbocycles. The molecule has 3 rings (SSSR count). The third-order valence-electron chi connectivity index (χ3n) is 2.93. The van der Waals surface area contributed by atoms with Crippen LogP contribution in [0, 0.1) is 6.92 Å². The molecular weight excluding hydrogens is 188 g/mol. The molecular formula is C13H18O2. The van der Waals surface area contributed by atoms with Crippen molar-refractivity contribution in [3.8, 4) is 0 Å². The fraction of sp³-hybridized carbons (Fsp3) is 0.538. The number of benzene rings is 1. The summed E-state index contributed by atoms with van der Waals surface area (Å²) in [5.74, 6) is 0. The van der Waals surface area contributed by atoms with Gasteiger partial charge in [0.2, 0.25) is 0 Å². The fourth-order valence-corrected chi connectivity index (χ4v) is 2.02. The van der Waals surface area contributed by atoms with Crippen LogP contribution in [0.3, 0.4) is 0 Å². The van der Waals surface area contributed by atoms with Crippen molar-refractivity contribution >= 4 is 0 Å². The van der Waals surface area contributed by atoms with Crippen LogP contribution >= 0.6 is 0 Å². The molecule has 82 valence electrons. The molecule has 2 aliphatic rings. The third kappa shape index (κ3) is 3.05. The van der Waals surface area contributed by atoms with Crippen LogP contribution in [0.15, 0.2) is 24.3 Å². The van der Waals surface area contributed by atoms with E-state index < -0.39 is 0 Å². The molecule has 15 heavy (non-hydrogen) atoms. The Balaban J connectivity index is 0.000000121. The molecule has 2 heteroatoms. The van der Waals surface area contributed by atoms with Crippen molar-refractivity contribution in [3.63, 3.8) is 0 Å². The highest BCUT2D eigenvalue weighted by Gasteiger charge is 2.42. The Morgan fingerprint density at radius 3 is 2.40 bits per heavy atom. The summed E-state index contributed by atoms with van der Waals surface area (Å²) in [4.78, 5) is 0. The fourth-order valence-electron chi connectivity index (χ4n) is 2.02. The number of rotatable bonds is 1. The second kappa shape index (κ2) is 4.77. The minimum atomic E-state index is 0.141. The molecule has 1 N–H and O–H groups in total. The van der Waals surface area contributed by atoms with E-state index >= 15 is 0 Å². The maximum Gasteiger partial charge on any atom is 0.0841 e. The highest BCUT2D eigenvalue weighted by atomic mass is 16.6. The Labute approximate surface area is 90.9 Å². The van der Waals surface area contributed by atoms with Crippen LogP contribution in [0.25, 0.3) is 0 Å². The molecule has 1 saturated carbocycles. The zero-order valence-electron chi connectivity index (χ0n) is 9.15. The highest BCUT2D eigenvalue weighted by molar-refractivity contribution is 5.21. The quantitative estimate of drug-likeness (QED) is 0.716. The number of aliphatic hydroxyl groups is 1. The van der Waals surface area contributed by atoms with Gasteiger partial charge in [-0.15, -0.1) is 0 Å². The topological polar surface area (TPSA) is 32.8 Å². The molecule has 2 atom stereocenters. The Kier molecular flexibility index (Phi) is 3.39. The summed E-state index contributed by atoms with van der Waals surface area (Å²) in [6, 6.07) is 7.84. The van der Waals surface area contributed by atoms with Crippen LogP contribution in [-0.2, 0) is 11.3 Å². The number of ether oxygens (including phenoxy) is 1. The average Bonchev–Trinajstić information content (AvgIpc) is 2.87. The van der Waals surface area contributed by atoms with Crippen LogP contribution in [-0.4, -0.2) is 17.3 Å². The van der Waals surface area contributed by atoms with E-state index in [-0.39, 0.29) is 6.61 Å². The SMILES string of the molecule is C1CC2OC2C1.Cc1cccc(CO)c1. The maximum absolute atomic E-state index is 8.66. The summed E-state index contributed by atoms with van der Waals surface area (Å²) in [6.45, 7) is 2.15. The number of aliphatic hydroxyl groups excluding tert-OH is 1. The van der Waals surface area contributed by atoms with E-state index in [2.05, 4.69) is 0 Å². The largest absolute Gasteiger partial charge is 0.392 e. The van der Waals surface area contributed by atoms with Gasteiger partial charge >= 0.3 is 0 Å². The number of fused-ring (bicyclic) bond motifs is 1. The van der Waals surface area contributed by atoms with Crippen molar-refractivity contribution in [2.24, 2.45) is 0 Å². The first kappa shape index (κ1) is 10.7. The lowest BCUT2D eigenvalue weighted by Crippen LogP contribution is -1.81. The first-order chi connectivity index (χ1) is 7.29. The average molecular weight is 206 g/mol. The van der Waals surface area contributed by atoms with Crippen LogP contribution in [0.1, 0.15) is 30.4 Å². The van der Waals surface area contributed by atoms with Crippen molar-refractivity contribution in [2.45, 2.75) is 45.0 Å². The second-order valence-corrected chi connectivity index (χ2v) is 4.29. The standard InChI is InChI=1S/C8H10O.C5H8O/c1-7-3-2-4-8(5-7)6-9;1-2-4-5(3-1)6-4/h2-5,9H,6H2,1H3;4-5H,1-3H2. The van der Waals surface area contributed by atoms with Gasteiger partial charge in [0, 0.05) is 0 Å². The number of epoxide rings is 1. The number of aryl methyl sites for hydroxylation is 1. The van der Waals surface area contributed by atoms with E-state index in [1.165, 1.54) is 24.8 Å². The van der Waals surface area contributed by atoms with Crippen LogP contribution in [0.5, 0.6) is 0 Å². The minimum absolute atomic E-state index is 0.141. The van der Waals surface area contributed by atoms with Crippen LogP contribution in [0.4, 0.5) is 0 Å². The lowest BCUT2D eigenvalue weighted by Gasteiger charge is -1.94. The number of hydrogen-bond donors (Lipinski definition) is 1. The molecule has 1 aromatic carbocycles. The Morgan fingerprint density at radius 1 is 1.33 bits per heavy atom. The first-order valence-electron chi connectivity index (χ1n) is 5.61. The van der Waals surface area contributed by atoms with Gasteiger partial charge in [-0.2, -0.15) is 0 Å². The van der Waals surface area contributed by atoms with Crippen molar-refractivity contribution < 1.29 is 9.84 Å². The Morgan fingerprint density at radius 2 is 2.07 bits per heavy atom. The van der Waals surface area contributed by atoms with Gasteiger partial charge in [-0.05, 0) is 31.7 Å². The van der Waals surface area contributed by atoms with Gasteiger partial charge in [0.1, 0.15) is 0 Å². The highest BCUT2D eigenvalue weighted by Crippen LogP contribution is 2.37. The monoisotopic (exact) mass is 206 g/mol. The zero-order valence-corrected chi connectivity index (χ0v) is 9.15. The van der Waals surface area contributed by atoms with Crippen molar-refractivity contribution in [3.05, 3.63) is 35.4 Å². The molecule has 0 aromatic heterocycles. The molecule has 0 bridgehead atoms. The predicted molar refractivity (Wildman–Crippen MR) is 59.6 cm³/mol. The third-order valence-corrected chi connectivity index (χ3v) is 2.93. The van der Waals surface area contributed by atoms with E-state index in [0.717, 1.165) is 5.56 Å². The minimum Gasteiger partial charge on any atom is -0.392 e. The van der Waals surface area contributed by atoms with Gasteiger partial charge in [-0.25, -0.2) is 0 Å². The molecule has 2 fully saturated rings. The molecule has 2 nitrogen and oxygen atoms in total. The molecule has 1 heterocycles. The maximum atomic E-state index is 8.66. The molecule has 0 radical (unpaired) electrons. The first-order valence-corrected chi connectivity index (χ1v) is 5.61. The van der Waals surface area contributed by atoms with Gasteiger partial charge in [-0.1, -0.05) is 29.8 Å². The van der Waals surface area contributed by atoms with Gasteiger partial charge in [0.15, 0.2) is 0 Å². The molecule has 2 unspecified atom stereocenters. The summed E-state index contributed by atoms with van der Waals surface area (Å²) in [5.41, 5.74) is 2.18. The van der Waals surface area contributed by atoms with E-state index in [0.29, 0.717) is 12.2 Å². The smallest absolute Gasteiger partial charge is 0.0841 e. The lowest BCUT2D eigenvalue weighted by atomic mass is 10.1. The summed E-state index contributed by atoms with van der Waals surface area (Å²) in [7, 11) is 0. The van der Waals surface area contributed by atoms with Gasteiger partial charge in [-0.3, -0.25) is 0 Å². The van der Waals surface area contributed by atoms with E-state index in [4.69, 9.17) is 9.84 Å². The normalized spacial score (nSPS) is 26.5. The van der Waals surface area contributed by atoms with Crippen molar-refractivity contribution in [2.75, 3.05) is 0 Å². The predicted octanol–water partition coefficient (Wildman–Crippen LogP) is 2.43. The Hall–Kier alpha value is -0.860. The molecule has 0 amide bonds.